The van der Waals surface area contributed by atoms with Crippen LogP contribution in [0.4, 0.5) is 8.78 Å². The highest BCUT2D eigenvalue weighted by Gasteiger charge is 2.21. The molecule has 0 spiro atoms. The fraction of sp³-hybridized carbons (Fsp3) is 0.562. The summed E-state index contributed by atoms with van der Waals surface area (Å²) in [5, 5.41) is 8.86. The Morgan fingerprint density at radius 1 is 1.32 bits per heavy atom. The van der Waals surface area contributed by atoms with Crippen LogP contribution in [0.3, 0.4) is 0 Å². The Morgan fingerprint density at radius 2 is 2.09 bits per heavy atom. The molecule has 1 heterocycles. The van der Waals surface area contributed by atoms with Gasteiger partial charge in [0.2, 0.25) is 0 Å². The first kappa shape index (κ1) is 16.8. The average Bonchev–Trinajstić information content (AvgIpc) is 2.68. The van der Waals surface area contributed by atoms with Gasteiger partial charge >= 0.3 is 5.97 Å². The minimum atomic E-state index is -0.824. The van der Waals surface area contributed by atoms with Crippen molar-refractivity contribution in [3.63, 3.8) is 0 Å². The normalized spacial score (nSPS) is 20.1. The number of nitrogens with zero attached hydrogens (tertiary/aromatic N) is 2. The first-order valence-electron chi connectivity index (χ1n) is 7.54. The first-order chi connectivity index (χ1) is 10.5. The number of benzene rings is 1. The van der Waals surface area contributed by atoms with Crippen molar-refractivity contribution in [3.05, 3.63) is 35.4 Å². The van der Waals surface area contributed by atoms with E-state index < -0.39 is 17.6 Å². The summed E-state index contributed by atoms with van der Waals surface area (Å²) in [6.07, 6.45) is 2.81. The second-order valence-corrected chi connectivity index (χ2v) is 5.92. The van der Waals surface area contributed by atoms with Gasteiger partial charge in [-0.05, 0) is 57.1 Å². The van der Waals surface area contributed by atoms with Crippen LogP contribution in [0.1, 0.15) is 24.8 Å². The highest BCUT2D eigenvalue weighted by Crippen LogP contribution is 2.18. The number of rotatable bonds is 5. The zero-order chi connectivity index (χ0) is 16.1. The van der Waals surface area contributed by atoms with E-state index in [1.54, 1.807) is 6.07 Å². The molecule has 1 N–H and O–H groups in total. The highest BCUT2D eigenvalue weighted by atomic mass is 19.2. The summed E-state index contributed by atoms with van der Waals surface area (Å²) in [5.74, 6) is -2.45. The van der Waals surface area contributed by atoms with E-state index >= 15 is 0 Å². The zero-order valence-electron chi connectivity index (χ0n) is 12.8. The predicted molar refractivity (Wildman–Crippen MR) is 79.5 cm³/mol. The fourth-order valence-corrected chi connectivity index (χ4v) is 2.98. The summed E-state index contributed by atoms with van der Waals surface area (Å²) in [5.41, 5.74) is 0.760. The SMILES string of the molecule is CN(CC(=O)O)[C@@H]1CCCN(Cc2ccc(F)c(F)c2)CC1. The van der Waals surface area contributed by atoms with Crippen molar-refractivity contribution in [1.82, 2.24) is 9.80 Å². The number of carboxylic acid groups (broad SMARTS) is 1. The van der Waals surface area contributed by atoms with Crippen molar-refractivity contribution in [2.24, 2.45) is 0 Å². The number of halogens is 2. The highest BCUT2D eigenvalue weighted by molar-refractivity contribution is 5.69. The molecule has 1 atom stereocenters. The van der Waals surface area contributed by atoms with Crippen LogP contribution in [0.5, 0.6) is 0 Å². The zero-order valence-corrected chi connectivity index (χ0v) is 12.8. The minimum absolute atomic E-state index is 0.0494. The smallest absolute Gasteiger partial charge is 0.317 e. The molecule has 1 aliphatic heterocycles. The van der Waals surface area contributed by atoms with Gasteiger partial charge in [-0.3, -0.25) is 14.6 Å². The van der Waals surface area contributed by atoms with Gasteiger partial charge in [0.1, 0.15) is 0 Å². The summed E-state index contributed by atoms with van der Waals surface area (Å²) in [6.45, 7) is 2.35. The number of likely N-dealkylation sites (tertiary alicyclic amines) is 1. The van der Waals surface area contributed by atoms with E-state index in [-0.39, 0.29) is 12.6 Å². The Bertz CT molecular complexity index is 525. The third-order valence-corrected chi connectivity index (χ3v) is 4.19. The van der Waals surface area contributed by atoms with Crippen molar-refractivity contribution >= 4 is 5.97 Å². The van der Waals surface area contributed by atoms with Crippen LogP contribution >= 0.6 is 0 Å². The van der Waals surface area contributed by atoms with Gasteiger partial charge in [0.25, 0.3) is 0 Å². The Hall–Kier alpha value is -1.53. The Balaban J connectivity index is 1.89. The number of aliphatic carboxylic acids is 1. The summed E-state index contributed by atoms with van der Waals surface area (Å²) in [6, 6.07) is 4.27. The van der Waals surface area contributed by atoms with Crippen LogP contribution in [-0.4, -0.2) is 53.6 Å². The van der Waals surface area contributed by atoms with E-state index in [4.69, 9.17) is 5.11 Å². The van der Waals surface area contributed by atoms with Crippen LogP contribution < -0.4 is 0 Å². The van der Waals surface area contributed by atoms with Crippen molar-refractivity contribution in [3.8, 4) is 0 Å². The monoisotopic (exact) mass is 312 g/mol. The molecule has 0 amide bonds. The van der Waals surface area contributed by atoms with Crippen LogP contribution in [0.25, 0.3) is 0 Å². The number of carboxylic acids is 1. The van der Waals surface area contributed by atoms with E-state index in [1.165, 1.54) is 6.07 Å². The van der Waals surface area contributed by atoms with Gasteiger partial charge in [-0.15, -0.1) is 0 Å². The van der Waals surface area contributed by atoms with Gasteiger partial charge in [0.05, 0.1) is 6.54 Å². The Labute approximate surface area is 129 Å². The summed E-state index contributed by atoms with van der Waals surface area (Å²) in [7, 11) is 1.84. The second kappa shape index (κ2) is 7.65. The molecule has 0 aromatic heterocycles. The molecule has 1 aromatic rings. The molecule has 122 valence electrons. The van der Waals surface area contributed by atoms with Crippen LogP contribution in [0.15, 0.2) is 18.2 Å². The van der Waals surface area contributed by atoms with Crippen molar-refractivity contribution in [2.75, 3.05) is 26.7 Å². The van der Waals surface area contributed by atoms with Crippen LogP contribution in [-0.2, 0) is 11.3 Å². The molecular weight excluding hydrogens is 290 g/mol. The number of carbonyl (C=O) groups is 1. The fourth-order valence-electron chi connectivity index (χ4n) is 2.98. The van der Waals surface area contributed by atoms with Gasteiger partial charge in [-0.25, -0.2) is 8.78 Å². The van der Waals surface area contributed by atoms with Gasteiger partial charge in [-0.2, -0.15) is 0 Å². The molecule has 0 radical (unpaired) electrons. The molecule has 0 bridgehead atoms. The van der Waals surface area contributed by atoms with Crippen LogP contribution in [0.2, 0.25) is 0 Å². The Kier molecular flexibility index (Phi) is 5.85. The lowest BCUT2D eigenvalue weighted by Gasteiger charge is -2.25. The van der Waals surface area contributed by atoms with Gasteiger partial charge in [-0.1, -0.05) is 6.07 Å². The molecule has 1 fully saturated rings. The summed E-state index contributed by atoms with van der Waals surface area (Å²) in [4.78, 5) is 14.9. The predicted octanol–water partition coefficient (Wildman–Crippen LogP) is 2.34. The second-order valence-electron chi connectivity index (χ2n) is 5.92. The van der Waals surface area contributed by atoms with E-state index in [1.807, 2.05) is 11.9 Å². The Morgan fingerprint density at radius 3 is 2.77 bits per heavy atom. The maximum Gasteiger partial charge on any atom is 0.317 e. The molecule has 1 aliphatic rings. The van der Waals surface area contributed by atoms with Crippen molar-refractivity contribution in [2.45, 2.75) is 31.8 Å². The van der Waals surface area contributed by atoms with Gasteiger partial charge in [0.15, 0.2) is 11.6 Å². The largest absolute Gasteiger partial charge is 0.480 e. The van der Waals surface area contributed by atoms with Gasteiger partial charge in [0, 0.05) is 12.6 Å². The van der Waals surface area contributed by atoms with Crippen molar-refractivity contribution in [1.29, 1.82) is 0 Å². The van der Waals surface area contributed by atoms with E-state index in [0.29, 0.717) is 6.54 Å². The van der Waals surface area contributed by atoms with E-state index in [0.717, 1.165) is 44.0 Å². The third-order valence-electron chi connectivity index (χ3n) is 4.19. The van der Waals surface area contributed by atoms with E-state index in [9.17, 15) is 13.6 Å². The molecule has 4 nitrogen and oxygen atoms in total. The third kappa shape index (κ3) is 4.74. The first-order valence-corrected chi connectivity index (χ1v) is 7.54. The lowest BCUT2D eigenvalue weighted by Crippen LogP contribution is -2.36. The van der Waals surface area contributed by atoms with Crippen LogP contribution in [0, 0.1) is 11.6 Å². The lowest BCUT2D eigenvalue weighted by atomic mass is 10.1. The van der Waals surface area contributed by atoms with E-state index in [2.05, 4.69) is 4.90 Å². The number of likely N-dealkylation sites (N-methyl/N-ethyl adjacent to an activating group) is 1. The maximum absolute atomic E-state index is 13.2. The summed E-state index contributed by atoms with van der Waals surface area (Å²) < 4.78 is 26.2. The topological polar surface area (TPSA) is 43.8 Å². The molecule has 0 aliphatic carbocycles. The van der Waals surface area contributed by atoms with Crippen molar-refractivity contribution < 1.29 is 18.7 Å². The minimum Gasteiger partial charge on any atom is -0.480 e. The quantitative estimate of drug-likeness (QED) is 0.906. The molecule has 0 unspecified atom stereocenters. The molecule has 1 aromatic carbocycles. The molecule has 22 heavy (non-hydrogen) atoms. The number of hydrogen-bond donors (Lipinski definition) is 1. The molecule has 2 rings (SSSR count). The molecule has 0 saturated carbocycles. The average molecular weight is 312 g/mol. The molecular formula is C16H22F2N2O2. The standard InChI is InChI=1S/C16H22F2N2O2/c1-19(11-16(21)22)13-3-2-7-20(8-6-13)10-12-4-5-14(17)15(18)9-12/h4-5,9,13H,2-3,6-8,10-11H2,1H3,(H,21,22)/t13-/m1/s1. The van der Waals surface area contributed by atoms with Gasteiger partial charge < -0.3 is 5.11 Å². The number of hydrogen-bond acceptors (Lipinski definition) is 3. The maximum atomic E-state index is 13.2. The lowest BCUT2D eigenvalue weighted by molar-refractivity contribution is -0.138. The molecule has 1 saturated heterocycles. The molecule has 6 heteroatoms. The summed E-state index contributed by atoms with van der Waals surface area (Å²) >= 11 is 0.